The van der Waals surface area contributed by atoms with E-state index >= 15 is 0 Å². The van der Waals surface area contributed by atoms with Gasteiger partial charge in [-0.15, -0.1) is 0 Å². The van der Waals surface area contributed by atoms with Crippen molar-refractivity contribution in [3.63, 3.8) is 0 Å². The molecule has 0 spiro atoms. The van der Waals surface area contributed by atoms with Gasteiger partial charge in [0.2, 0.25) is 0 Å². The Morgan fingerprint density at radius 2 is 2.31 bits per heavy atom. The number of methoxy groups -OCH3 is 1. The van der Waals surface area contributed by atoms with Gasteiger partial charge in [0.05, 0.1) is 5.69 Å². The first kappa shape index (κ1) is 12.9. The number of aromatic nitrogens is 1. The molecular weight excluding hydrogens is 228 g/mol. The van der Waals surface area contributed by atoms with Crippen molar-refractivity contribution < 1.29 is 14.6 Å². The Hall–Kier alpha value is -1.14. The molecule has 0 unspecified atom stereocenters. The molecule has 0 saturated heterocycles. The van der Waals surface area contributed by atoms with E-state index in [2.05, 4.69) is 4.98 Å². The molecule has 5 nitrogen and oxygen atoms in total. The molecule has 1 aromatic heterocycles. The van der Waals surface area contributed by atoms with Crippen molar-refractivity contribution in [1.82, 2.24) is 4.98 Å². The number of carboxylic acids is 1. The number of thiazole rings is 1. The number of carboxylic acid groups (broad SMARTS) is 1. The molecule has 0 amide bonds. The van der Waals surface area contributed by atoms with Gasteiger partial charge in [-0.2, -0.15) is 0 Å². The van der Waals surface area contributed by atoms with Gasteiger partial charge in [0.1, 0.15) is 4.88 Å². The van der Waals surface area contributed by atoms with Gasteiger partial charge >= 0.3 is 5.97 Å². The Balaban J connectivity index is 2.65. The summed E-state index contributed by atoms with van der Waals surface area (Å²) in [7, 11) is 3.57. The highest BCUT2D eigenvalue weighted by Gasteiger charge is 2.15. The van der Waals surface area contributed by atoms with Gasteiger partial charge in [-0.1, -0.05) is 11.3 Å². The average Bonchev–Trinajstić information content (AvgIpc) is 2.60. The van der Waals surface area contributed by atoms with E-state index in [1.807, 2.05) is 11.9 Å². The third kappa shape index (κ3) is 3.18. The number of aryl methyl sites for hydroxylation is 1. The highest BCUT2D eigenvalue weighted by Crippen LogP contribution is 2.25. The molecule has 1 heterocycles. The molecule has 90 valence electrons. The maximum absolute atomic E-state index is 10.8. The molecule has 0 bridgehead atoms. The summed E-state index contributed by atoms with van der Waals surface area (Å²) in [5.74, 6) is -0.911. The molecule has 16 heavy (non-hydrogen) atoms. The van der Waals surface area contributed by atoms with Crippen LogP contribution in [0.15, 0.2) is 0 Å². The van der Waals surface area contributed by atoms with Crippen LogP contribution in [0, 0.1) is 6.92 Å². The lowest BCUT2D eigenvalue weighted by Gasteiger charge is -2.14. The van der Waals surface area contributed by atoms with E-state index in [-0.39, 0.29) is 0 Å². The minimum Gasteiger partial charge on any atom is -0.477 e. The number of ether oxygens (including phenoxy) is 1. The van der Waals surface area contributed by atoms with Crippen LogP contribution < -0.4 is 4.90 Å². The molecule has 6 heteroatoms. The van der Waals surface area contributed by atoms with Crippen LogP contribution in [0.1, 0.15) is 21.8 Å². The average molecular weight is 244 g/mol. The highest BCUT2D eigenvalue weighted by atomic mass is 32.1. The normalized spacial score (nSPS) is 10.4. The second-order valence-corrected chi connectivity index (χ2v) is 4.46. The molecule has 1 rings (SSSR count). The maximum atomic E-state index is 10.8. The maximum Gasteiger partial charge on any atom is 0.347 e. The van der Waals surface area contributed by atoms with Crippen LogP contribution in [0.4, 0.5) is 5.13 Å². The van der Waals surface area contributed by atoms with Gasteiger partial charge in [-0.25, -0.2) is 9.78 Å². The molecule has 0 aromatic carbocycles. The number of carbonyl (C=O) groups is 1. The standard InChI is InChI=1S/C10H16N2O3S/c1-7-8(9(13)14)16-10(11-7)12(2)5-4-6-15-3/h4-6H2,1-3H3,(H,13,14). The molecule has 0 radical (unpaired) electrons. The number of nitrogens with zero attached hydrogens (tertiary/aromatic N) is 2. The van der Waals surface area contributed by atoms with E-state index in [1.54, 1.807) is 14.0 Å². The predicted octanol–water partition coefficient (Wildman–Crippen LogP) is 1.62. The first-order valence-electron chi connectivity index (χ1n) is 4.97. The molecule has 0 aliphatic carbocycles. The number of aromatic carboxylic acids is 1. The van der Waals surface area contributed by atoms with Crippen molar-refractivity contribution in [2.24, 2.45) is 0 Å². The fourth-order valence-electron chi connectivity index (χ4n) is 1.29. The molecule has 1 aromatic rings. The summed E-state index contributed by atoms with van der Waals surface area (Å²) >= 11 is 1.21. The number of rotatable bonds is 6. The Kier molecular flexibility index (Phi) is 4.70. The van der Waals surface area contributed by atoms with Gasteiger partial charge in [0.25, 0.3) is 0 Å². The number of anilines is 1. The van der Waals surface area contributed by atoms with Crippen molar-refractivity contribution in [3.05, 3.63) is 10.6 Å². The van der Waals surface area contributed by atoms with E-state index < -0.39 is 5.97 Å². The SMILES string of the molecule is COCCCN(C)c1nc(C)c(C(=O)O)s1. The highest BCUT2D eigenvalue weighted by molar-refractivity contribution is 7.17. The van der Waals surface area contributed by atoms with E-state index in [1.165, 1.54) is 11.3 Å². The fraction of sp³-hybridized carbons (Fsp3) is 0.600. The summed E-state index contributed by atoms with van der Waals surface area (Å²) in [4.78, 5) is 17.3. The Morgan fingerprint density at radius 3 is 2.81 bits per heavy atom. The van der Waals surface area contributed by atoms with Gasteiger partial charge in [0.15, 0.2) is 5.13 Å². The second-order valence-electron chi connectivity index (χ2n) is 3.48. The van der Waals surface area contributed by atoms with E-state index in [4.69, 9.17) is 9.84 Å². The molecule has 0 aliphatic rings. The van der Waals surface area contributed by atoms with Crippen molar-refractivity contribution in [2.75, 3.05) is 32.2 Å². The Labute approximate surface area is 98.7 Å². The van der Waals surface area contributed by atoms with E-state index in [0.29, 0.717) is 17.2 Å². The Morgan fingerprint density at radius 1 is 1.62 bits per heavy atom. The summed E-state index contributed by atoms with van der Waals surface area (Å²) in [5.41, 5.74) is 0.575. The van der Waals surface area contributed by atoms with Crippen LogP contribution >= 0.6 is 11.3 Å². The van der Waals surface area contributed by atoms with Crippen molar-refractivity contribution >= 4 is 22.4 Å². The largest absolute Gasteiger partial charge is 0.477 e. The minimum absolute atomic E-state index is 0.314. The lowest BCUT2D eigenvalue weighted by Crippen LogP contribution is -2.19. The van der Waals surface area contributed by atoms with Crippen molar-refractivity contribution in [1.29, 1.82) is 0 Å². The van der Waals surface area contributed by atoms with Crippen molar-refractivity contribution in [2.45, 2.75) is 13.3 Å². The van der Waals surface area contributed by atoms with Crippen LogP contribution in [0.25, 0.3) is 0 Å². The molecule has 0 fully saturated rings. The summed E-state index contributed by atoms with van der Waals surface area (Å²) in [6.07, 6.45) is 0.897. The zero-order valence-electron chi connectivity index (χ0n) is 9.69. The molecule has 0 aliphatic heterocycles. The quantitative estimate of drug-likeness (QED) is 0.770. The van der Waals surface area contributed by atoms with E-state index in [9.17, 15) is 4.79 Å². The third-order valence-electron chi connectivity index (χ3n) is 2.15. The fourth-order valence-corrected chi connectivity index (χ4v) is 2.18. The van der Waals surface area contributed by atoms with E-state index in [0.717, 1.165) is 18.1 Å². The number of hydrogen-bond donors (Lipinski definition) is 1. The third-order valence-corrected chi connectivity index (χ3v) is 3.41. The first-order valence-corrected chi connectivity index (χ1v) is 5.78. The summed E-state index contributed by atoms with van der Waals surface area (Å²) in [6, 6.07) is 0. The van der Waals surface area contributed by atoms with Crippen LogP contribution in [0.3, 0.4) is 0 Å². The smallest absolute Gasteiger partial charge is 0.347 e. The summed E-state index contributed by atoms with van der Waals surface area (Å²) < 4.78 is 4.96. The molecule has 0 atom stereocenters. The number of hydrogen-bond acceptors (Lipinski definition) is 5. The lowest BCUT2D eigenvalue weighted by molar-refractivity contribution is 0.0701. The monoisotopic (exact) mass is 244 g/mol. The molecule has 0 saturated carbocycles. The van der Waals surface area contributed by atoms with Crippen molar-refractivity contribution in [3.8, 4) is 0 Å². The van der Waals surface area contributed by atoms with Crippen LogP contribution in [0.5, 0.6) is 0 Å². The topological polar surface area (TPSA) is 62.7 Å². The van der Waals surface area contributed by atoms with Gasteiger partial charge in [0, 0.05) is 27.3 Å². The second kappa shape index (κ2) is 5.81. The predicted molar refractivity (Wildman–Crippen MR) is 63.6 cm³/mol. The minimum atomic E-state index is -0.911. The van der Waals surface area contributed by atoms with Gasteiger partial charge < -0.3 is 14.7 Å². The zero-order valence-corrected chi connectivity index (χ0v) is 10.5. The first-order chi connectivity index (χ1) is 7.56. The van der Waals surface area contributed by atoms with Gasteiger partial charge in [-0.05, 0) is 13.3 Å². The molecule has 1 N–H and O–H groups in total. The van der Waals surface area contributed by atoms with Crippen LogP contribution in [-0.2, 0) is 4.74 Å². The Bertz CT molecular complexity index is 365. The molecular formula is C10H16N2O3S. The summed E-state index contributed by atoms with van der Waals surface area (Å²) in [5, 5.41) is 9.65. The lowest BCUT2D eigenvalue weighted by atomic mass is 10.4. The zero-order chi connectivity index (χ0) is 12.1. The summed E-state index contributed by atoms with van der Waals surface area (Å²) in [6.45, 7) is 3.22. The van der Waals surface area contributed by atoms with Crippen LogP contribution in [-0.4, -0.2) is 43.4 Å². The van der Waals surface area contributed by atoms with Gasteiger partial charge in [-0.3, -0.25) is 0 Å². The van der Waals surface area contributed by atoms with Crippen LogP contribution in [0.2, 0.25) is 0 Å².